The number of hydrogen-bond acceptors (Lipinski definition) is 4. The summed E-state index contributed by atoms with van der Waals surface area (Å²) in [6, 6.07) is 7.36. The number of methoxy groups -OCH3 is 2. The number of H-pyrrole nitrogens is 1. The van der Waals surface area contributed by atoms with E-state index in [1.807, 2.05) is 37.4 Å². The van der Waals surface area contributed by atoms with Crippen LogP contribution >= 0.6 is 15.9 Å². The smallest absolute Gasteiger partial charge is 0.244 e. The highest BCUT2D eigenvalue weighted by Crippen LogP contribution is 2.30. The number of aromatic nitrogens is 2. The molecule has 1 unspecified atom stereocenters. The van der Waals surface area contributed by atoms with E-state index < -0.39 is 0 Å². The summed E-state index contributed by atoms with van der Waals surface area (Å²) < 4.78 is 11.4. The first kappa shape index (κ1) is 19.0. The monoisotopic (exact) mass is 429 g/mol. The molecule has 0 aliphatic heterocycles. The first-order chi connectivity index (χ1) is 13.0. The molecule has 6 nitrogen and oxygen atoms in total. The third-order valence-corrected chi connectivity index (χ3v) is 4.64. The average Bonchev–Trinajstić information content (AvgIpc) is 3.07. The van der Waals surface area contributed by atoms with Crippen LogP contribution in [0.2, 0.25) is 0 Å². The number of amides is 1. The van der Waals surface area contributed by atoms with Crippen molar-refractivity contribution in [3.05, 3.63) is 58.3 Å². The standard InChI is InChI=1S/C20H20BrN3O3/c1-12(13-4-6-17(26-2)18(8-13)27-3)24-19(25)7-5-14-10-22-20-16(14)9-15(21)11-23-20/h4-12H,1-3H3,(H,22,23)(H,24,25)/b7-5+. The molecule has 1 amide bonds. The van der Waals surface area contributed by atoms with Crippen molar-refractivity contribution in [2.45, 2.75) is 13.0 Å². The van der Waals surface area contributed by atoms with Crippen molar-refractivity contribution in [3.8, 4) is 11.5 Å². The molecule has 0 aliphatic rings. The second-order valence-electron chi connectivity index (χ2n) is 5.97. The fraction of sp³-hybridized carbons (Fsp3) is 0.200. The van der Waals surface area contributed by atoms with Gasteiger partial charge in [0.25, 0.3) is 0 Å². The summed E-state index contributed by atoms with van der Waals surface area (Å²) in [6.07, 6.45) is 6.83. The lowest BCUT2D eigenvalue weighted by molar-refractivity contribution is -0.117. The fourth-order valence-electron chi connectivity index (χ4n) is 2.77. The number of hydrogen-bond donors (Lipinski definition) is 2. The zero-order valence-electron chi connectivity index (χ0n) is 15.2. The molecule has 2 N–H and O–H groups in total. The first-order valence-corrected chi connectivity index (χ1v) is 9.14. The Bertz CT molecular complexity index is 997. The Kier molecular flexibility index (Phi) is 5.81. The van der Waals surface area contributed by atoms with Crippen LogP contribution in [0.5, 0.6) is 11.5 Å². The highest BCUT2D eigenvalue weighted by atomic mass is 79.9. The van der Waals surface area contributed by atoms with Gasteiger partial charge in [0.05, 0.1) is 20.3 Å². The van der Waals surface area contributed by atoms with Crippen LogP contribution in [0.4, 0.5) is 0 Å². The summed E-state index contributed by atoms with van der Waals surface area (Å²) >= 11 is 3.41. The van der Waals surface area contributed by atoms with Crippen molar-refractivity contribution in [3.63, 3.8) is 0 Å². The van der Waals surface area contributed by atoms with E-state index in [2.05, 4.69) is 31.2 Å². The number of benzene rings is 1. The molecule has 1 aromatic carbocycles. The van der Waals surface area contributed by atoms with E-state index in [4.69, 9.17) is 9.47 Å². The van der Waals surface area contributed by atoms with Crippen LogP contribution in [0.1, 0.15) is 24.1 Å². The van der Waals surface area contributed by atoms with Gasteiger partial charge in [-0.2, -0.15) is 0 Å². The maximum Gasteiger partial charge on any atom is 0.244 e. The second-order valence-corrected chi connectivity index (χ2v) is 6.89. The lowest BCUT2D eigenvalue weighted by Crippen LogP contribution is -2.24. The topological polar surface area (TPSA) is 76.2 Å². The number of fused-ring (bicyclic) bond motifs is 1. The Morgan fingerprint density at radius 3 is 2.78 bits per heavy atom. The molecule has 0 radical (unpaired) electrons. The van der Waals surface area contributed by atoms with Gasteiger partial charge in [-0.1, -0.05) is 6.07 Å². The summed E-state index contributed by atoms with van der Waals surface area (Å²) in [4.78, 5) is 19.7. The zero-order valence-corrected chi connectivity index (χ0v) is 16.8. The molecule has 0 spiro atoms. The number of carbonyl (C=O) groups excluding carboxylic acids is 1. The van der Waals surface area contributed by atoms with Gasteiger partial charge in [0, 0.05) is 33.9 Å². The van der Waals surface area contributed by atoms with E-state index in [0.29, 0.717) is 11.5 Å². The molecule has 27 heavy (non-hydrogen) atoms. The highest BCUT2D eigenvalue weighted by molar-refractivity contribution is 9.10. The third-order valence-electron chi connectivity index (χ3n) is 4.21. The Hall–Kier alpha value is -2.80. The van der Waals surface area contributed by atoms with Gasteiger partial charge in [0.2, 0.25) is 5.91 Å². The van der Waals surface area contributed by atoms with E-state index in [9.17, 15) is 4.79 Å². The van der Waals surface area contributed by atoms with E-state index in [-0.39, 0.29) is 11.9 Å². The van der Waals surface area contributed by atoms with Crippen molar-refractivity contribution in [1.82, 2.24) is 15.3 Å². The Labute approximate surface area is 165 Å². The normalized spacial score (nSPS) is 12.3. The van der Waals surface area contributed by atoms with Gasteiger partial charge in [-0.25, -0.2) is 4.98 Å². The number of rotatable bonds is 6. The first-order valence-electron chi connectivity index (χ1n) is 8.35. The molecular formula is C20H20BrN3O3. The largest absolute Gasteiger partial charge is 0.493 e. The SMILES string of the molecule is COc1ccc(C(C)NC(=O)/C=C/c2c[nH]c3ncc(Br)cc23)cc1OC. The molecular weight excluding hydrogens is 410 g/mol. The average molecular weight is 430 g/mol. The van der Waals surface area contributed by atoms with E-state index in [1.165, 1.54) is 6.08 Å². The van der Waals surface area contributed by atoms with Gasteiger partial charge in [-0.05, 0) is 52.7 Å². The quantitative estimate of drug-likeness (QED) is 0.574. The molecule has 0 saturated carbocycles. The minimum Gasteiger partial charge on any atom is -0.493 e. The van der Waals surface area contributed by atoms with Crippen molar-refractivity contribution >= 4 is 38.9 Å². The van der Waals surface area contributed by atoms with Crippen LogP contribution in [0.25, 0.3) is 17.1 Å². The lowest BCUT2D eigenvalue weighted by atomic mass is 10.1. The van der Waals surface area contributed by atoms with Crippen molar-refractivity contribution in [1.29, 1.82) is 0 Å². The van der Waals surface area contributed by atoms with E-state index in [1.54, 1.807) is 26.5 Å². The zero-order chi connectivity index (χ0) is 19.4. The van der Waals surface area contributed by atoms with Crippen LogP contribution in [0.15, 0.2) is 47.2 Å². The van der Waals surface area contributed by atoms with E-state index in [0.717, 1.165) is 26.6 Å². The minimum absolute atomic E-state index is 0.180. The number of halogens is 1. The number of aromatic amines is 1. The summed E-state index contributed by atoms with van der Waals surface area (Å²) in [5.74, 6) is 1.09. The lowest BCUT2D eigenvalue weighted by Gasteiger charge is -2.15. The Morgan fingerprint density at radius 2 is 2.04 bits per heavy atom. The Balaban J connectivity index is 1.71. The summed E-state index contributed by atoms with van der Waals surface area (Å²) in [6.45, 7) is 1.92. The van der Waals surface area contributed by atoms with Crippen LogP contribution < -0.4 is 14.8 Å². The number of nitrogens with zero attached hydrogens (tertiary/aromatic N) is 1. The van der Waals surface area contributed by atoms with Crippen molar-refractivity contribution in [2.75, 3.05) is 14.2 Å². The van der Waals surface area contributed by atoms with Gasteiger partial charge >= 0.3 is 0 Å². The van der Waals surface area contributed by atoms with Crippen LogP contribution in [-0.2, 0) is 4.79 Å². The second kappa shape index (κ2) is 8.26. The van der Waals surface area contributed by atoms with Crippen molar-refractivity contribution < 1.29 is 14.3 Å². The molecule has 0 aliphatic carbocycles. The van der Waals surface area contributed by atoms with Crippen LogP contribution in [0.3, 0.4) is 0 Å². The molecule has 3 rings (SSSR count). The van der Waals surface area contributed by atoms with Gasteiger partial charge in [0.1, 0.15) is 5.65 Å². The maximum atomic E-state index is 12.3. The molecule has 1 atom stereocenters. The number of nitrogens with one attached hydrogen (secondary N) is 2. The number of ether oxygens (including phenoxy) is 2. The molecule has 0 fully saturated rings. The highest BCUT2D eigenvalue weighted by Gasteiger charge is 2.12. The van der Waals surface area contributed by atoms with Gasteiger partial charge < -0.3 is 19.8 Å². The molecule has 140 valence electrons. The van der Waals surface area contributed by atoms with Gasteiger partial charge in [-0.3, -0.25) is 4.79 Å². The predicted molar refractivity (Wildman–Crippen MR) is 109 cm³/mol. The molecule has 3 aromatic rings. The summed E-state index contributed by atoms with van der Waals surface area (Å²) in [7, 11) is 3.17. The molecule has 2 aromatic heterocycles. The van der Waals surface area contributed by atoms with Crippen LogP contribution in [0, 0.1) is 0 Å². The van der Waals surface area contributed by atoms with E-state index >= 15 is 0 Å². The summed E-state index contributed by atoms with van der Waals surface area (Å²) in [5, 5.41) is 3.90. The number of carbonyl (C=O) groups is 1. The minimum atomic E-state index is -0.186. The third kappa shape index (κ3) is 4.31. The van der Waals surface area contributed by atoms with Gasteiger partial charge in [0.15, 0.2) is 11.5 Å². The predicted octanol–water partition coefficient (Wildman–Crippen LogP) is 4.23. The summed E-state index contributed by atoms with van der Waals surface area (Å²) in [5.41, 5.74) is 2.60. The molecule has 0 bridgehead atoms. The molecule has 2 heterocycles. The molecule has 0 saturated heterocycles. The molecule has 7 heteroatoms. The Morgan fingerprint density at radius 1 is 1.26 bits per heavy atom. The fourth-order valence-corrected chi connectivity index (χ4v) is 3.10. The van der Waals surface area contributed by atoms with Crippen LogP contribution in [-0.4, -0.2) is 30.1 Å². The van der Waals surface area contributed by atoms with Gasteiger partial charge in [-0.15, -0.1) is 0 Å². The number of pyridine rings is 1. The van der Waals surface area contributed by atoms with Crippen molar-refractivity contribution in [2.24, 2.45) is 0 Å². The maximum absolute atomic E-state index is 12.3.